The number of para-hydroxylation sites is 1. The van der Waals surface area contributed by atoms with Crippen molar-refractivity contribution in [2.24, 2.45) is 5.92 Å². The standard InChI is InChI=1S/C24H36N4O4/c1-7-8-13-27-21(25)20(22(30)26-23(27)31)28(14-16(2)3)19(29)15-32-18-12-10-9-11-17(18)24(4,5)6/h9-12,16H,7-8,13-15,25H2,1-6H3,(H,26,30,31). The Kier molecular flexibility index (Phi) is 8.30. The number of nitrogens with one attached hydrogen (secondary N) is 1. The first kappa shape index (κ1) is 25.2. The number of nitrogens with two attached hydrogens (primary N) is 1. The number of benzene rings is 1. The zero-order valence-electron chi connectivity index (χ0n) is 20.0. The molecule has 0 saturated heterocycles. The predicted molar refractivity (Wildman–Crippen MR) is 128 cm³/mol. The number of amides is 1. The second-order valence-electron chi connectivity index (χ2n) is 9.43. The van der Waals surface area contributed by atoms with Crippen molar-refractivity contribution >= 4 is 17.4 Å². The van der Waals surface area contributed by atoms with E-state index in [1.54, 1.807) is 0 Å². The molecule has 0 bridgehead atoms. The Morgan fingerprint density at radius 1 is 1.22 bits per heavy atom. The molecule has 1 aromatic carbocycles. The summed E-state index contributed by atoms with van der Waals surface area (Å²) < 4.78 is 7.21. The smallest absolute Gasteiger partial charge is 0.330 e. The Balaban J connectivity index is 2.41. The number of hydrogen-bond donors (Lipinski definition) is 2. The third-order valence-electron chi connectivity index (χ3n) is 5.11. The van der Waals surface area contributed by atoms with Crippen LogP contribution >= 0.6 is 0 Å². The van der Waals surface area contributed by atoms with Crippen LogP contribution in [0.5, 0.6) is 5.75 Å². The molecule has 0 fully saturated rings. The van der Waals surface area contributed by atoms with E-state index in [9.17, 15) is 14.4 Å². The second-order valence-corrected chi connectivity index (χ2v) is 9.43. The van der Waals surface area contributed by atoms with Crippen LogP contribution in [0.15, 0.2) is 33.9 Å². The van der Waals surface area contributed by atoms with E-state index in [2.05, 4.69) is 25.8 Å². The fourth-order valence-corrected chi connectivity index (χ4v) is 3.49. The monoisotopic (exact) mass is 444 g/mol. The highest BCUT2D eigenvalue weighted by molar-refractivity contribution is 5.96. The molecule has 8 heteroatoms. The molecule has 8 nitrogen and oxygen atoms in total. The minimum Gasteiger partial charge on any atom is -0.483 e. The van der Waals surface area contributed by atoms with Crippen LogP contribution in [-0.2, 0) is 16.8 Å². The van der Waals surface area contributed by atoms with Gasteiger partial charge in [-0.3, -0.25) is 19.1 Å². The molecule has 1 heterocycles. The molecule has 0 radical (unpaired) electrons. The van der Waals surface area contributed by atoms with Gasteiger partial charge in [-0.1, -0.05) is 66.2 Å². The molecule has 0 aliphatic rings. The summed E-state index contributed by atoms with van der Waals surface area (Å²) in [5.74, 6) is 0.278. The van der Waals surface area contributed by atoms with Gasteiger partial charge in [0.15, 0.2) is 12.3 Å². The van der Waals surface area contributed by atoms with Crippen molar-refractivity contribution in [1.82, 2.24) is 9.55 Å². The van der Waals surface area contributed by atoms with Gasteiger partial charge in [0.2, 0.25) is 0 Å². The second kappa shape index (κ2) is 10.5. The number of ether oxygens (including phenoxy) is 1. The summed E-state index contributed by atoms with van der Waals surface area (Å²) in [5.41, 5.74) is 5.80. The Morgan fingerprint density at radius 2 is 1.88 bits per heavy atom. The summed E-state index contributed by atoms with van der Waals surface area (Å²) in [6.07, 6.45) is 1.58. The molecule has 3 N–H and O–H groups in total. The number of nitrogen functional groups attached to an aromatic ring is 1. The quantitative estimate of drug-likeness (QED) is 0.617. The summed E-state index contributed by atoms with van der Waals surface area (Å²) in [4.78, 5) is 41.8. The molecule has 0 unspecified atom stereocenters. The largest absolute Gasteiger partial charge is 0.483 e. The molecular weight excluding hydrogens is 408 g/mol. The molecule has 32 heavy (non-hydrogen) atoms. The van der Waals surface area contributed by atoms with Gasteiger partial charge in [0.05, 0.1) is 0 Å². The van der Waals surface area contributed by atoms with Crippen molar-refractivity contribution in [3.63, 3.8) is 0 Å². The number of H-pyrrole nitrogens is 1. The van der Waals surface area contributed by atoms with Crippen molar-refractivity contribution in [2.45, 2.75) is 66.3 Å². The zero-order chi connectivity index (χ0) is 24.1. The van der Waals surface area contributed by atoms with E-state index in [0.29, 0.717) is 12.3 Å². The molecular formula is C24H36N4O4. The van der Waals surface area contributed by atoms with Crippen LogP contribution in [0.25, 0.3) is 0 Å². The van der Waals surface area contributed by atoms with Gasteiger partial charge < -0.3 is 15.4 Å². The van der Waals surface area contributed by atoms with Crippen LogP contribution in [0.1, 0.15) is 59.9 Å². The normalized spacial score (nSPS) is 11.6. The number of aromatic nitrogens is 2. The van der Waals surface area contributed by atoms with E-state index in [4.69, 9.17) is 10.5 Å². The van der Waals surface area contributed by atoms with Gasteiger partial charge in [-0.05, 0) is 29.4 Å². The number of carbonyl (C=O) groups excluding carboxylic acids is 1. The molecule has 0 atom stereocenters. The average molecular weight is 445 g/mol. The topological polar surface area (TPSA) is 110 Å². The zero-order valence-corrected chi connectivity index (χ0v) is 20.0. The van der Waals surface area contributed by atoms with Crippen LogP contribution < -0.4 is 26.6 Å². The summed E-state index contributed by atoms with van der Waals surface area (Å²) in [6.45, 7) is 12.5. The highest BCUT2D eigenvalue weighted by Gasteiger charge is 2.26. The maximum atomic E-state index is 13.2. The molecule has 176 valence electrons. The molecule has 2 aromatic rings. The first-order valence-corrected chi connectivity index (χ1v) is 11.1. The van der Waals surface area contributed by atoms with Crippen LogP contribution in [0.2, 0.25) is 0 Å². The third-order valence-corrected chi connectivity index (χ3v) is 5.11. The van der Waals surface area contributed by atoms with Gasteiger partial charge in [-0.25, -0.2) is 4.79 Å². The summed E-state index contributed by atoms with van der Waals surface area (Å²) in [6, 6.07) is 7.58. The lowest BCUT2D eigenvalue weighted by molar-refractivity contribution is -0.120. The van der Waals surface area contributed by atoms with E-state index in [1.165, 1.54) is 9.47 Å². The Bertz CT molecular complexity index is 1050. The van der Waals surface area contributed by atoms with Crippen LogP contribution in [0, 0.1) is 5.92 Å². The van der Waals surface area contributed by atoms with Crippen LogP contribution in [0.4, 0.5) is 11.5 Å². The maximum Gasteiger partial charge on any atom is 0.330 e. The minimum atomic E-state index is -0.677. The highest BCUT2D eigenvalue weighted by Crippen LogP contribution is 2.31. The van der Waals surface area contributed by atoms with Gasteiger partial charge in [-0.2, -0.15) is 0 Å². The number of anilines is 2. The van der Waals surface area contributed by atoms with E-state index in [0.717, 1.165) is 18.4 Å². The predicted octanol–water partition coefficient (Wildman–Crippen LogP) is 3.28. The van der Waals surface area contributed by atoms with Crippen molar-refractivity contribution < 1.29 is 9.53 Å². The van der Waals surface area contributed by atoms with Crippen LogP contribution in [-0.4, -0.2) is 28.6 Å². The molecule has 0 aliphatic heterocycles. The molecule has 2 rings (SSSR count). The number of carbonyl (C=O) groups is 1. The number of rotatable bonds is 9. The highest BCUT2D eigenvalue weighted by atomic mass is 16.5. The fraction of sp³-hybridized carbons (Fsp3) is 0.542. The van der Waals surface area contributed by atoms with Gasteiger partial charge in [0.25, 0.3) is 11.5 Å². The van der Waals surface area contributed by atoms with Crippen LogP contribution in [0.3, 0.4) is 0 Å². The van der Waals surface area contributed by atoms with E-state index < -0.39 is 17.2 Å². The van der Waals surface area contributed by atoms with Gasteiger partial charge >= 0.3 is 5.69 Å². The number of hydrogen-bond acceptors (Lipinski definition) is 5. The Morgan fingerprint density at radius 3 is 2.47 bits per heavy atom. The number of unbranched alkanes of at least 4 members (excludes halogenated alkanes) is 1. The minimum absolute atomic E-state index is 0.00343. The average Bonchev–Trinajstić information content (AvgIpc) is 2.70. The van der Waals surface area contributed by atoms with E-state index >= 15 is 0 Å². The SMILES string of the molecule is CCCCn1c(N)c(N(CC(C)C)C(=O)COc2ccccc2C(C)(C)C)c(=O)[nH]c1=O. The first-order chi connectivity index (χ1) is 15.0. The first-order valence-electron chi connectivity index (χ1n) is 11.1. The lowest BCUT2D eigenvalue weighted by atomic mass is 9.86. The lowest BCUT2D eigenvalue weighted by Crippen LogP contribution is -2.44. The number of aromatic amines is 1. The molecule has 0 aliphatic carbocycles. The van der Waals surface area contributed by atoms with Crippen molar-refractivity contribution in [3.05, 3.63) is 50.7 Å². The van der Waals surface area contributed by atoms with Crippen molar-refractivity contribution in [1.29, 1.82) is 0 Å². The summed E-state index contributed by atoms with van der Waals surface area (Å²) in [7, 11) is 0. The Labute approximate surface area is 189 Å². The number of nitrogens with zero attached hydrogens (tertiary/aromatic N) is 2. The lowest BCUT2D eigenvalue weighted by Gasteiger charge is -2.27. The van der Waals surface area contributed by atoms with Gasteiger partial charge in [0, 0.05) is 13.1 Å². The summed E-state index contributed by atoms with van der Waals surface area (Å²) >= 11 is 0. The van der Waals surface area contributed by atoms with Crippen molar-refractivity contribution in [2.75, 3.05) is 23.8 Å². The molecule has 1 amide bonds. The summed E-state index contributed by atoms with van der Waals surface area (Å²) in [5, 5.41) is 0. The fourth-order valence-electron chi connectivity index (χ4n) is 3.49. The Hall–Kier alpha value is -3.03. The van der Waals surface area contributed by atoms with Gasteiger partial charge in [0.1, 0.15) is 11.6 Å². The third kappa shape index (κ3) is 6.02. The van der Waals surface area contributed by atoms with E-state index in [1.807, 2.05) is 45.0 Å². The van der Waals surface area contributed by atoms with Crippen molar-refractivity contribution in [3.8, 4) is 5.75 Å². The van der Waals surface area contributed by atoms with Gasteiger partial charge in [-0.15, -0.1) is 0 Å². The van der Waals surface area contributed by atoms with E-state index in [-0.39, 0.29) is 36.0 Å². The molecule has 0 saturated carbocycles. The molecule has 0 spiro atoms. The maximum absolute atomic E-state index is 13.2. The molecule has 1 aromatic heterocycles.